The summed E-state index contributed by atoms with van der Waals surface area (Å²) in [6.45, 7) is 3.63. The molecule has 1 atom stereocenters. The Morgan fingerprint density at radius 2 is 2.38 bits per heavy atom. The van der Waals surface area contributed by atoms with Crippen molar-refractivity contribution in [3.63, 3.8) is 0 Å². The minimum atomic E-state index is -0.160. The lowest BCUT2D eigenvalue weighted by Gasteiger charge is -2.34. The average molecular weight is 185 g/mol. The number of esters is 1. The molecule has 0 amide bonds. The molecule has 1 unspecified atom stereocenters. The van der Waals surface area contributed by atoms with Gasteiger partial charge in [-0.15, -0.1) is 0 Å². The van der Waals surface area contributed by atoms with Gasteiger partial charge in [-0.1, -0.05) is 0 Å². The molecule has 13 heavy (non-hydrogen) atoms. The van der Waals surface area contributed by atoms with Crippen LogP contribution in [0.1, 0.15) is 0 Å². The van der Waals surface area contributed by atoms with E-state index in [1.165, 1.54) is 0 Å². The topological polar surface area (TPSA) is 52.9 Å². The predicted molar refractivity (Wildman–Crippen MR) is 44.1 cm³/mol. The number of rotatable bonds is 1. The van der Waals surface area contributed by atoms with Crippen LogP contribution in [-0.4, -0.2) is 56.5 Å². The standard InChI is InChI=1S/C8H13N2O3/c11-8-5-10(2-4-13-8)7-6-12-3-1-9-7/h7H,1-6H2. The van der Waals surface area contributed by atoms with Crippen LogP contribution in [0.4, 0.5) is 0 Å². The molecule has 0 aromatic heterocycles. The van der Waals surface area contributed by atoms with Gasteiger partial charge in [0.25, 0.3) is 0 Å². The van der Waals surface area contributed by atoms with Crippen LogP contribution in [0.3, 0.4) is 0 Å². The number of hydrogen-bond donors (Lipinski definition) is 0. The zero-order valence-electron chi connectivity index (χ0n) is 7.44. The van der Waals surface area contributed by atoms with Gasteiger partial charge in [0.1, 0.15) is 12.8 Å². The van der Waals surface area contributed by atoms with Gasteiger partial charge in [0, 0.05) is 13.1 Å². The van der Waals surface area contributed by atoms with Gasteiger partial charge < -0.3 is 9.47 Å². The van der Waals surface area contributed by atoms with Crippen molar-refractivity contribution in [2.75, 3.05) is 39.5 Å². The quantitative estimate of drug-likeness (QED) is 0.482. The summed E-state index contributed by atoms with van der Waals surface area (Å²) in [4.78, 5) is 13.0. The number of ether oxygens (including phenoxy) is 2. The molecule has 0 aromatic carbocycles. The van der Waals surface area contributed by atoms with Gasteiger partial charge in [-0.25, -0.2) is 5.32 Å². The summed E-state index contributed by atoms with van der Waals surface area (Å²) in [5.74, 6) is -0.160. The summed E-state index contributed by atoms with van der Waals surface area (Å²) in [6, 6.07) is 0. The van der Waals surface area contributed by atoms with Crippen molar-refractivity contribution >= 4 is 5.97 Å². The Balaban J connectivity index is 1.87. The van der Waals surface area contributed by atoms with Crippen LogP contribution in [0.15, 0.2) is 0 Å². The van der Waals surface area contributed by atoms with Gasteiger partial charge in [-0.2, -0.15) is 0 Å². The molecule has 0 aromatic rings. The number of hydrogen-bond acceptors (Lipinski definition) is 4. The largest absolute Gasteiger partial charge is 0.463 e. The molecule has 2 rings (SSSR count). The average Bonchev–Trinajstić information content (AvgIpc) is 2.19. The van der Waals surface area contributed by atoms with Crippen molar-refractivity contribution < 1.29 is 14.3 Å². The fraction of sp³-hybridized carbons (Fsp3) is 0.875. The first-order chi connectivity index (χ1) is 6.36. The number of cyclic esters (lactones) is 1. The van der Waals surface area contributed by atoms with Crippen molar-refractivity contribution in [3.05, 3.63) is 0 Å². The van der Waals surface area contributed by atoms with Gasteiger partial charge in [0.15, 0.2) is 0 Å². The summed E-state index contributed by atoms with van der Waals surface area (Å²) < 4.78 is 10.1. The van der Waals surface area contributed by atoms with E-state index in [2.05, 4.69) is 5.32 Å². The summed E-state index contributed by atoms with van der Waals surface area (Å²) >= 11 is 0. The van der Waals surface area contributed by atoms with Gasteiger partial charge in [0.05, 0.1) is 19.8 Å². The Kier molecular flexibility index (Phi) is 2.77. The number of nitrogens with zero attached hydrogens (tertiary/aromatic N) is 2. The van der Waals surface area contributed by atoms with E-state index in [-0.39, 0.29) is 12.1 Å². The van der Waals surface area contributed by atoms with E-state index in [9.17, 15) is 4.79 Å². The van der Waals surface area contributed by atoms with Crippen LogP contribution in [0, 0.1) is 0 Å². The maximum absolute atomic E-state index is 11.0. The molecule has 2 saturated heterocycles. The molecular weight excluding hydrogens is 172 g/mol. The zero-order chi connectivity index (χ0) is 9.10. The van der Waals surface area contributed by atoms with E-state index in [0.29, 0.717) is 26.4 Å². The molecule has 0 bridgehead atoms. The molecule has 2 aliphatic rings. The summed E-state index contributed by atoms with van der Waals surface area (Å²) in [5.41, 5.74) is 0. The summed E-state index contributed by atoms with van der Waals surface area (Å²) in [6.07, 6.45) is 0.0570. The van der Waals surface area contributed by atoms with Gasteiger partial charge in [-0.3, -0.25) is 9.69 Å². The second kappa shape index (κ2) is 4.04. The van der Waals surface area contributed by atoms with Crippen molar-refractivity contribution in [1.82, 2.24) is 10.2 Å². The van der Waals surface area contributed by atoms with Crippen LogP contribution in [0.5, 0.6) is 0 Å². The van der Waals surface area contributed by atoms with Gasteiger partial charge in [-0.05, 0) is 0 Å². The van der Waals surface area contributed by atoms with E-state index in [1.54, 1.807) is 0 Å². The highest BCUT2D eigenvalue weighted by Gasteiger charge is 2.27. The zero-order valence-corrected chi connectivity index (χ0v) is 7.44. The number of carbonyl (C=O) groups excluding carboxylic acids is 1. The third kappa shape index (κ3) is 2.18. The first-order valence-corrected chi connectivity index (χ1v) is 4.50. The monoisotopic (exact) mass is 185 g/mol. The smallest absolute Gasteiger partial charge is 0.320 e. The van der Waals surface area contributed by atoms with Crippen LogP contribution in [-0.2, 0) is 14.3 Å². The summed E-state index contributed by atoms with van der Waals surface area (Å²) in [7, 11) is 0. The van der Waals surface area contributed by atoms with Crippen molar-refractivity contribution in [2.45, 2.75) is 6.17 Å². The predicted octanol–water partition coefficient (Wildman–Crippen LogP) is -1.19. The third-order valence-corrected chi connectivity index (χ3v) is 2.24. The molecule has 2 heterocycles. The maximum atomic E-state index is 11.0. The second-order valence-electron chi connectivity index (χ2n) is 3.15. The molecule has 2 fully saturated rings. The molecule has 5 heteroatoms. The molecule has 0 N–H and O–H groups in total. The lowest BCUT2D eigenvalue weighted by molar-refractivity contribution is -0.153. The van der Waals surface area contributed by atoms with Gasteiger partial charge in [0.2, 0.25) is 0 Å². The lowest BCUT2D eigenvalue weighted by atomic mass is 10.3. The SMILES string of the molecule is O=C1CN(C2COCC[N]2)CCO1. The number of morpholine rings is 2. The molecule has 0 saturated carbocycles. The van der Waals surface area contributed by atoms with Crippen LogP contribution in [0.25, 0.3) is 0 Å². The Morgan fingerprint density at radius 3 is 3.08 bits per heavy atom. The molecule has 73 valence electrons. The van der Waals surface area contributed by atoms with Crippen molar-refractivity contribution in [2.24, 2.45) is 0 Å². The maximum Gasteiger partial charge on any atom is 0.320 e. The summed E-state index contributed by atoms with van der Waals surface area (Å²) in [5, 5.41) is 4.38. The van der Waals surface area contributed by atoms with Crippen LogP contribution >= 0.6 is 0 Å². The first-order valence-electron chi connectivity index (χ1n) is 4.50. The molecule has 0 aliphatic carbocycles. The normalized spacial score (nSPS) is 31.4. The van der Waals surface area contributed by atoms with E-state index >= 15 is 0 Å². The molecular formula is C8H13N2O3. The fourth-order valence-corrected chi connectivity index (χ4v) is 1.55. The van der Waals surface area contributed by atoms with Gasteiger partial charge >= 0.3 is 5.97 Å². The van der Waals surface area contributed by atoms with E-state index in [1.807, 2.05) is 4.90 Å². The van der Waals surface area contributed by atoms with Crippen molar-refractivity contribution in [1.29, 1.82) is 0 Å². The lowest BCUT2D eigenvalue weighted by Crippen LogP contribution is -2.54. The molecule has 0 spiro atoms. The highest BCUT2D eigenvalue weighted by atomic mass is 16.5. The van der Waals surface area contributed by atoms with E-state index < -0.39 is 0 Å². The molecule has 2 aliphatic heterocycles. The highest BCUT2D eigenvalue weighted by Crippen LogP contribution is 2.06. The Morgan fingerprint density at radius 1 is 1.46 bits per heavy atom. The Hall–Kier alpha value is -0.650. The third-order valence-electron chi connectivity index (χ3n) is 2.24. The molecule has 1 radical (unpaired) electrons. The van der Waals surface area contributed by atoms with Crippen LogP contribution in [0.2, 0.25) is 0 Å². The minimum absolute atomic E-state index is 0.0570. The minimum Gasteiger partial charge on any atom is -0.463 e. The second-order valence-corrected chi connectivity index (χ2v) is 3.15. The molecule has 5 nitrogen and oxygen atoms in total. The first kappa shape index (κ1) is 8.93. The van der Waals surface area contributed by atoms with Crippen molar-refractivity contribution in [3.8, 4) is 0 Å². The highest BCUT2D eigenvalue weighted by molar-refractivity contribution is 5.72. The Labute approximate surface area is 77.0 Å². The van der Waals surface area contributed by atoms with E-state index in [0.717, 1.165) is 13.1 Å². The number of carbonyl (C=O) groups is 1. The van der Waals surface area contributed by atoms with E-state index in [4.69, 9.17) is 9.47 Å². The Bertz CT molecular complexity index is 192. The van der Waals surface area contributed by atoms with Crippen LogP contribution < -0.4 is 5.32 Å². The fourth-order valence-electron chi connectivity index (χ4n) is 1.55.